The van der Waals surface area contributed by atoms with Crippen LogP contribution in [0.1, 0.15) is 33.4 Å². The molecule has 2 N–H and O–H groups in total. The van der Waals surface area contributed by atoms with E-state index < -0.39 is 61.3 Å². The van der Waals surface area contributed by atoms with Crippen molar-refractivity contribution in [1.82, 2.24) is 5.32 Å². The average molecular weight is 922 g/mol. The van der Waals surface area contributed by atoms with Crippen molar-refractivity contribution in [2.75, 3.05) is 19.8 Å². The van der Waals surface area contributed by atoms with Crippen LogP contribution in [0.3, 0.4) is 0 Å². The van der Waals surface area contributed by atoms with E-state index in [9.17, 15) is 5.11 Å². The van der Waals surface area contributed by atoms with Crippen LogP contribution in [-0.2, 0) is 82.2 Å². The molecule has 0 unspecified atom stereocenters. The highest BCUT2D eigenvalue weighted by atomic mass is 16.8. The van der Waals surface area contributed by atoms with Gasteiger partial charge in [-0.15, -0.1) is 6.58 Å². The minimum Gasteiger partial charge on any atom is -0.388 e. The van der Waals surface area contributed by atoms with Gasteiger partial charge in [-0.3, -0.25) is 0 Å². The molecule has 8 rings (SSSR count). The van der Waals surface area contributed by atoms with Crippen molar-refractivity contribution >= 4 is 0 Å². The fourth-order valence-electron chi connectivity index (χ4n) is 8.45. The van der Waals surface area contributed by atoms with Crippen molar-refractivity contribution in [2.45, 2.75) is 101 Å². The van der Waals surface area contributed by atoms with Gasteiger partial charge in [0.2, 0.25) is 0 Å². The predicted octanol–water partition coefficient (Wildman–Crippen LogP) is 8.73. The standard InChI is InChI=1S/C57H63NO10/c1-2-33-62-56-50(58-34-42-21-9-3-10-22-42)51(59)52(48(66-56)40-60-35-43-23-11-4-12-24-43)68-57-55(65-39-47-31-19-8-20-32-47)54(64-38-46-29-17-7-18-30-46)53(63-37-45-27-15-6-16-28-45)49(67-57)41-61-36-44-25-13-5-14-26-44/h2-32,48-59H,1,33-41H2/t48-,49-,50-,51-,52-,53-,54+,55-,56+,57-/m1/s1. The summed E-state index contributed by atoms with van der Waals surface area (Å²) >= 11 is 0. The summed E-state index contributed by atoms with van der Waals surface area (Å²) in [4.78, 5) is 0. The van der Waals surface area contributed by atoms with Crippen molar-refractivity contribution in [3.8, 4) is 0 Å². The van der Waals surface area contributed by atoms with E-state index >= 15 is 0 Å². The lowest BCUT2D eigenvalue weighted by Gasteiger charge is -2.49. The fraction of sp³-hybridized carbons (Fsp3) is 0.333. The maximum Gasteiger partial charge on any atom is 0.187 e. The lowest BCUT2D eigenvalue weighted by Crippen LogP contribution is -2.67. The summed E-state index contributed by atoms with van der Waals surface area (Å²) < 4.78 is 60.9. The number of aliphatic hydroxyl groups excluding tert-OH is 1. The summed E-state index contributed by atoms with van der Waals surface area (Å²) in [6, 6.07) is 59.1. The Morgan fingerprint density at radius 2 is 0.824 bits per heavy atom. The monoisotopic (exact) mass is 921 g/mol. The van der Waals surface area contributed by atoms with E-state index in [1.807, 2.05) is 182 Å². The van der Waals surface area contributed by atoms with Gasteiger partial charge in [0.15, 0.2) is 12.6 Å². The van der Waals surface area contributed by atoms with Gasteiger partial charge in [0.1, 0.15) is 42.7 Å². The largest absolute Gasteiger partial charge is 0.388 e. The van der Waals surface area contributed by atoms with Crippen LogP contribution in [0.2, 0.25) is 0 Å². The zero-order valence-corrected chi connectivity index (χ0v) is 38.4. The molecular formula is C57H63NO10. The van der Waals surface area contributed by atoms with E-state index in [0.29, 0.717) is 19.8 Å². The summed E-state index contributed by atoms with van der Waals surface area (Å²) in [6.07, 6.45) is -6.41. The fourth-order valence-corrected chi connectivity index (χ4v) is 8.45. The first-order chi connectivity index (χ1) is 33.6. The van der Waals surface area contributed by atoms with Crippen LogP contribution in [0.5, 0.6) is 0 Å². The summed E-state index contributed by atoms with van der Waals surface area (Å²) in [5, 5.41) is 16.2. The van der Waals surface area contributed by atoms with Crippen molar-refractivity contribution in [3.05, 3.63) is 228 Å². The molecule has 6 aromatic rings. The minimum atomic E-state index is -1.19. The topological polar surface area (TPSA) is 115 Å². The van der Waals surface area contributed by atoms with Gasteiger partial charge in [-0.05, 0) is 33.4 Å². The molecule has 356 valence electrons. The van der Waals surface area contributed by atoms with Gasteiger partial charge in [-0.25, -0.2) is 0 Å². The molecule has 2 heterocycles. The molecule has 2 saturated heterocycles. The van der Waals surface area contributed by atoms with Crippen molar-refractivity contribution in [3.63, 3.8) is 0 Å². The third-order valence-electron chi connectivity index (χ3n) is 12.0. The average Bonchev–Trinajstić information content (AvgIpc) is 3.39. The normalized spacial score (nSPS) is 24.9. The third-order valence-corrected chi connectivity index (χ3v) is 12.0. The molecule has 0 amide bonds. The zero-order valence-electron chi connectivity index (χ0n) is 38.4. The van der Waals surface area contributed by atoms with Crippen LogP contribution < -0.4 is 5.32 Å². The Morgan fingerprint density at radius 1 is 0.441 bits per heavy atom. The number of hydrogen-bond acceptors (Lipinski definition) is 11. The zero-order chi connectivity index (χ0) is 46.6. The molecule has 0 aromatic heterocycles. The quantitative estimate of drug-likeness (QED) is 0.0538. The Kier molecular flexibility index (Phi) is 19.0. The predicted molar refractivity (Wildman–Crippen MR) is 259 cm³/mol. The van der Waals surface area contributed by atoms with Crippen molar-refractivity contribution < 1.29 is 47.7 Å². The van der Waals surface area contributed by atoms with Crippen molar-refractivity contribution in [2.24, 2.45) is 0 Å². The highest BCUT2D eigenvalue weighted by Crippen LogP contribution is 2.35. The van der Waals surface area contributed by atoms with E-state index in [2.05, 4.69) is 11.9 Å². The first-order valence-electron chi connectivity index (χ1n) is 23.5. The van der Waals surface area contributed by atoms with Gasteiger partial charge in [0.05, 0.1) is 58.9 Å². The molecule has 11 heteroatoms. The summed E-state index contributed by atoms with van der Waals surface area (Å²) in [5.74, 6) is 0. The van der Waals surface area contributed by atoms with Gasteiger partial charge in [-0.2, -0.15) is 0 Å². The first-order valence-corrected chi connectivity index (χ1v) is 23.5. The van der Waals surface area contributed by atoms with Gasteiger partial charge < -0.3 is 53.1 Å². The Hall–Kier alpha value is -5.38. The van der Waals surface area contributed by atoms with Crippen LogP contribution in [0.25, 0.3) is 0 Å². The van der Waals surface area contributed by atoms with Gasteiger partial charge in [0, 0.05) is 6.54 Å². The SMILES string of the molecule is C=CCO[C@H]1O[C@H](COCc2ccccc2)[C@@H](O[C@H]2O[C@H](COCc3ccccc3)[C@@H](OCc3ccccc3)[C@H](OCc3ccccc3)[C@H]2OCc2ccccc2)[C@H](O)[C@H]1NCc1ccccc1. The molecule has 10 atom stereocenters. The second kappa shape index (κ2) is 26.4. The van der Waals surface area contributed by atoms with Crippen LogP contribution >= 0.6 is 0 Å². The lowest BCUT2D eigenvalue weighted by atomic mass is 9.94. The van der Waals surface area contributed by atoms with E-state index in [0.717, 1.165) is 33.4 Å². The van der Waals surface area contributed by atoms with Crippen LogP contribution in [-0.4, -0.2) is 86.3 Å². The third kappa shape index (κ3) is 14.3. The maximum absolute atomic E-state index is 12.7. The van der Waals surface area contributed by atoms with Crippen LogP contribution in [0.4, 0.5) is 0 Å². The van der Waals surface area contributed by atoms with E-state index in [-0.39, 0.29) is 39.6 Å². The molecule has 0 saturated carbocycles. The molecule has 2 aliphatic heterocycles. The number of nitrogens with one attached hydrogen (secondary N) is 1. The number of benzene rings is 6. The molecule has 6 aromatic carbocycles. The Morgan fingerprint density at radius 3 is 1.28 bits per heavy atom. The Bertz CT molecular complexity index is 2290. The number of rotatable bonds is 25. The molecule has 0 spiro atoms. The number of hydrogen-bond donors (Lipinski definition) is 2. The smallest absolute Gasteiger partial charge is 0.187 e. The summed E-state index contributed by atoms with van der Waals surface area (Å²) in [6.45, 7) is 6.12. The first kappa shape index (κ1) is 49.1. The van der Waals surface area contributed by atoms with E-state index in [4.69, 9.17) is 42.6 Å². The van der Waals surface area contributed by atoms with Gasteiger partial charge in [0.25, 0.3) is 0 Å². The van der Waals surface area contributed by atoms with E-state index in [1.54, 1.807) is 6.08 Å². The highest BCUT2D eigenvalue weighted by Gasteiger charge is 2.53. The molecule has 0 aliphatic carbocycles. The van der Waals surface area contributed by atoms with Crippen LogP contribution in [0, 0.1) is 0 Å². The second-order valence-electron chi connectivity index (χ2n) is 17.0. The highest BCUT2D eigenvalue weighted by molar-refractivity contribution is 5.18. The van der Waals surface area contributed by atoms with Crippen molar-refractivity contribution in [1.29, 1.82) is 0 Å². The van der Waals surface area contributed by atoms with Gasteiger partial charge in [-0.1, -0.05) is 188 Å². The Balaban J connectivity index is 1.15. The molecule has 2 fully saturated rings. The summed E-state index contributed by atoms with van der Waals surface area (Å²) in [5.41, 5.74) is 5.94. The van der Waals surface area contributed by atoms with Crippen LogP contribution in [0.15, 0.2) is 195 Å². The maximum atomic E-state index is 12.7. The molecule has 11 nitrogen and oxygen atoms in total. The minimum absolute atomic E-state index is 0.0681. The number of ether oxygens (including phenoxy) is 9. The molecular weight excluding hydrogens is 859 g/mol. The lowest BCUT2D eigenvalue weighted by molar-refractivity contribution is -0.363. The molecule has 0 radical (unpaired) electrons. The number of aliphatic hydroxyl groups is 1. The summed E-state index contributed by atoms with van der Waals surface area (Å²) in [7, 11) is 0. The molecule has 0 bridgehead atoms. The van der Waals surface area contributed by atoms with E-state index in [1.165, 1.54) is 0 Å². The molecule has 68 heavy (non-hydrogen) atoms. The second-order valence-corrected chi connectivity index (χ2v) is 17.0. The molecule has 2 aliphatic rings. The van der Waals surface area contributed by atoms with Gasteiger partial charge >= 0.3 is 0 Å². The Labute approximate surface area is 400 Å².